The first-order chi connectivity index (χ1) is 12.2. The highest BCUT2D eigenvalue weighted by Gasteiger charge is 2.47. The van der Waals surface area contributed by atoms with Crippen LogP contribution >= 0.6 is 11.6 Å². The molecule has 26 heavy (non-hydrogen) atoms. The molecule has 0 aromatic heterocycles. The molecule has 2 aliphatic heterocycles. The number of carbonyl (C=O) groups is 1. The standard InChI is InChI=1S/C21H29ClN2O2/c1-13(2)19-14(7-6-8-16(19)22)12-24-15-9-10-18(24)17(11-15)23-20(25)26-21(3,4)5/h6-8,15,17-18H,1,9-12H2,2-5H3,(H,23,25). The van der Waals surface area contributed by atoms with E-state index < -0.39 is 5.60 Å². The number of rotatable bonds is 4. The number of halogens is 1. The molecule has 2 saturated heterocycles. The number of carbonyl (C=O) groups excluding carboxylic acids is 1. The van der Waals surface area contributed by atoms with Gasteiger partial charge in [-0.3, -0.25) is 4.90 Å². The molecule has 2 fully saturated rings. The summed E-state index contributed by atoms with van der Waals surface area (Å²) in [5, 5.41) is 3.84. The summed E-state index contributed by atoms with van der Waals surface area (Å²) in [5.41, 5.74) is 2.77. The van der Waals surface area contributed by atoms with Crippen LogP contribution in [0.25, 0.3) is 5.57 Å². The number of hydrogen-bond acceptors (Lipinski definition) is 3. The van der Waals surface area contributed by atoms with Gasteiger partial charge >= 0.3 is 6.09 Å². The van der Waals surface area contributed by atoms with Gasteiger partial charge in [-0.1, -0.05) is 30.3 Å². The number of benzene rings is 1. The number of fused-ring (bicyclic) bond motifs is 2. The maximum absolute atomic E-state index is 12.2. The van der Waals surface area contributed by atoms with Gasteiger partial charge in [-0.2, -0.15) is 0 Å². The highest BCUT2D eigenvalue weighted by molar-refractivity contribution is 6.32. The minimum Gasteiger partial charge on any atom is -0.444 e. The van der Waals surface area contributed by atoms with Gasteiger partial charge in [0.15, 0.2) is 0 Å². The van der Waals surface area contributed by atoms with E-state index in [0.29, 0.717) is 12.1 Å². The van der Waals surface area contributed by atoms with Crippen LogP contribution in [0, 0.1) is 0 Å². The van der Waals surface area contributed by atoms with Crippen LogP contribution in [0.4, 0.5) is 4.79 Å². The number of hydrogen-bond donors (Lipinski definition) is 1. The number of nitrogens with one attached hydrogen (secondary N) is 1. The summed E-state index contributed by atoms with van der Waals surface area (Å²) in [5.74, 6) is 0. The molecule has 1 amide bonds. The molecule has 5 heteroatoms. The quantitative estimate of drug-likeness (QED) is 0.803. The van der Waals surface area contributed by atoms with Crippen LogP contribution in [0.15, 0.2) is 24.8 Å². The van der Waals surface area contributed by atoms with E-state index in [4.69, 9.17) is 16.3 Å². The normalized spacial score (nSPS) is 25.3. The number of ether oxygens (including phenoxy) is 1. The highest BCUT2D eigenvalue weighted by Crippen LogP contribution is 2.40. The summed E-state index contributed by atoms with van der Waals surface area (Å²) in [7, 11) is 0. The predicted octanol–water partition coefficient (Wildman–Crippen LogP) is 5.00. The molecule has 0 spiro atoms. The average molecular weight is 377 g/mol. The topological polar surface area (TPSA) is 41.6 Å². The van der Waals surface area contributed by atoms with Crippen molar-refractivity contribution in [1.29, 1.82) is 0 Å². The van der Waals surface area contributed by atoms with E-state index >= 15 is 0 Å². The van der Waals surface area contributed by atoms with Crippen molar-refractivity contribution >= 4 is 23.3 Å². The largest absolute Gasteiger partial charge is 0.444 e. The van der Waals surface area contributed by atoms with Gasteiger partial charge in [0.1, 0.15) is 5.60 Å². The van der Waals surface area contributed by atoms with Gasteiger partial charge < -0.3 is 10.1 Å². The van der Waals surface area contributed by atoms with Crippen molar-refractivity contribution in [3.05, 3.63) is 40.9 Å². The van der Waals surface area contributed by atoms with Crippen LogP contribution in [0.5, 0.6) is 0 Å². The lowest BCUT2D eigenvalue weighted by Gasteiger charge is -2.27. The van der Waals surface area contributed by atoms with E-state index in [1.165, 1.54) is 12.0 Å². The SMILES string of the molecule is C=C(C)c1c(Cl)cccc1CN1C2CCC1C(NC(=O)OC(C)(C)C)C2. The molecule has 0 saturated carbocycles. The van der Waals surface area contributed by atoms with E-state index in [1.54, 1.807) is 0 Å². The summed E-state index contributed by atoms with van der Waals surface area (Å²) in [4.78, 5) is 14.7. The lowest BCUT2D eigenvalue weighted by Crippen LogP contribution is -2.45. The summed E-state index contributed by atoms with van der Waals surface area (Å²) in [6.07, 6.45) is 2.95. The Kier molecular flexibility index (Phi) is 5.36. The van der Waals surface area contributed by atoms with Crippen LogP contribution in [0.2, 0.25) is 5.02 Å². The molecule has 3 rings (SSSR count). The van der Waals surface area contributed by atoms with Crippen LogP contribution in [0.1, 0.15) is 58.1 Å². The smallest absolute Gasteiger partial charge is 0.407 e. The molecular formula is C21H29ClN2O2. The molecule has 4 nitrogen and oxygen atoms in total. The van der Waals surface area contributed by atoms with E-state index in [9.17, 15) is 4.79 Å². The Balaban J connectivity index is 1.71. The molecule has 2 heterocycles. The Morgan fingerprint density at radius 2 is 2.12 bits per heavy atom. The zero-order valence-corrected chi connectivity index (χ0v) is 16.9. The molecular weight excluding hydrogens is 348 g/mol. The molecule has 142 valence electrons. The minimum absolute atomic E-state index is 0.149. The van der Waals surface area contributed by atoms with Gasteiger partial charge in [0, 0.05) is 29.7 Å². The molecule has 1 aromatic carbocycles. The van der Waals surface area contributed by atoms with Gasteiger partial charge in [0.25, 0.3) is 0 Å². The molecule has 3 unspecified atom stereocenters. The maximum atomic E-state index is 12.2. The zero-order valence-electron chi connectivity index (χ0n) is 16.1. The number of amides is 1. The fourth-order valence-electron chi connectivity index (χ4n) is 4.34. The monoisotopic (exact) mass is 376 g/mol. The number of nitrogens with zero attached hydrogens (tertiary/aromatic N) is 1. The van der Waals surface area contributed by atoms with Crippen molar-refractivity contribution < 1.29 is 9.53 Å². The zero-order chi connectivity index (χ0) is 19.1. The van der Waals surface area contributed by atoms with Crippen molar-refractivity contribution in [2.45, 2.75) is 77.2 Å². The summed E-state index contributed by atoms with van der Waals surface area (Å²) in [6.45, 7) is 12.6. The predicted molar refractivity (Wildman–Crippen MR) is 106 cm³/mol. The Labute approximate surface area is 161 Å². The molecule has 0 aliphatic carbocycles. The molecule has 1 N–H and O–H groups in total. The van der Waals surface area contributed by atoms with Gasteiger partial charge in [0.05, 0.1) is 0 Å². The lowest BCUT2D eigenvalue weighted by molar-refractivity contribution is 0.0491. The van der Waals surface area contributed by atoms with Crippen molar-refractivity contribution in [3.63, 3.8) is 0 Å². The molecule has 1 aromatic rings. The molecule has 0 radical (unpaired) electrons. The fourth-order valence-corrected chi connectivity index (χ4v) is 4.69. The van der Waals surface area contributed by atoms with Gasteiger partial charge in [0.2, 0.25) is 0 Å². The Bertz CT molecular complexity index is 710. The van der Waals surface area contributed by atoms with Crippen LogP contribution in [0.3, 0.4) is 0 Å². The maximum Gasteiger partial charge on any atom is 0.407 e. The Morgan fingerprint density at radius 3 is 2.77 bits per heavy atom. The van der Waals surface area contributed by atoms with Crippen molar-refractivity contribution in [2.75, 3.05) is 0 Å². The highest BCUT2D eigenvalue weighted by atomic mass is 35.5. The third-order valence-corrected chi connectivity index (χ3v) is 5.58. The van der Waals surface area contributed by atoms with E-state index in [2.05, 4.69) is 22.9 Å². The van der Waals surface area contributed by atoms with Crippen molar-refractivity contribution in [2.24, 2.45) is 0 Å². The second-order valence-electron chi connectivity index (χ2n) is 8.51. The second kappa shape index (κ2) is 7.24. The third-order valence-electron chi connectivity index (χ3n) is 5.26. The van der Waals surface area contributed by atoms with Gasteiger partial charge in [-0.05, 0) is 69.7 Å². The van der Waals surface area contributed by atoms with Crippen molar-refractivity contribution in [3.8, 4) is 0 Å². The van der Waals surface area contributed by atoms with Crippen LogP contribution < -0.4 is 5.32 Å². The molecule has 2 aliphatic rings. The number of allylic oxidation sites excluding steroid dienone is 1. The average Bonchev–Trinajstić information content (AvgIpc) is 3.01. The summed E-state index contributed by atoms with van der Waals surface area (Å²) < 4.78 is 5.43. The van der Waals surface area contributed by atoms with E-state index in [0.717, 1.165) is 35.5 Å². The third kappa shape index (κ3) is 4.07. The fraction of sp³-hybridized carbons (Fsp3) is 0.571. The minimum atomic E-state index is -0.474. The van der Waals surface area contributed by atoms with Crippen LogP contribution in [-0.2, 0) is 11.3 Å². The van der Waals surface area contributed by atoms with Crippen molar-refractivity contribution in [1.82, 2.24) is 10.2 Å². The second-order valence-corrected chi connectivity index (χ2v) is 8.92. The van der Waals surface area contributed by atoms with E-state index in [1.807, 2.05) is 39.8 Å². The first-order valence-electron chi connectivity index (χ1n) is 9.34. The number of alkyl carbamates (subject to hydrolysis) is 1. The Morgan fingerprint density at radius 1 is 1.38 bits per heavy atom. The first-order valence-corrected chi connectivity index (χ1v) is 9.72. The first kappa shape index (κ1) is 19.2. The van der Waals surface area contributed by atoms with Gasteiger partial charge in [-0.25, -0.2) is 4.79 Å². The summed E-state index contributed by atoms with van der Waals surface area (Å²) >= 11 is 6.40. The lowest BCUT2D eigenvalue weighted by atomic mass is 9.96. The molecule has 3 atom stereocenters. The Hall–Kier alpha value is -1.52. The molecule has 2 bridgehead atoms. The summed E-state index contributed by atoms with van der Waals surface area (Å²) in [6, 6.07) is 7.04. The van der Waals surface area contributed by atoms with E-state index in [-0.39, 0.29) is 12.1 Å². The van der Waals surface area contributed by atoms with Crippen LogP contribution in [-0.4, -0.2) is 34.7 Å². The van der Waals surface area contributed by atoms with Gasteiger partial charge in [-0.15, -0.1) is 0 Å².